The molecule has 0 amide bonds. The van der Waals surface area contributed by atoms with Crippen LogP contribution in [0.15, 0.2) is 77.8 Å². The molecular formula is C16H14NO2-. The number of nitrogens with zero attached hydrogens (tertiary/aromatic N) is 1. The smallest absolute Gasteiger partial charge is 0.0774 e. The van der Waals surface area contributed by atoms with Crippen molar-refractivity contribution in [1.29, 1.82) is 0 Å². The van der Waals surface area contributed by atoms with Gasteiger partial charge < -0.3 is 9.84 Å². The first-order valence-corrected chi connectivity index (χ1v) is 5.91. The van der Waals surface area contributed by atoms with E-state index in [0.717, 1.165) is 16.8 Å². The van der Waals surface area contributed by atoms with Crippen molar-refractivity contribution in [3.8, 4) is 0 Å². The number of ether oxygens (including phenoxy) is 1. The number of hydrogen-bond acceptors (Lipinski definition) is 3. The predicted molar refractivity (Wildman–Crippen MR) is 73.6 cm³/mol. The lowest BCUT2D eigenvalue weighted by atomic mass is 10.0. The molecule has 19 heavy (non-hydrogen) atoms. The summed E-state index contributed by atoms with van der Waals surface area (Å²) in [6.45, 7) is 0. The van der Waals surface area contributed by atoms with Crippen molar-refractivity contribution in [2.24, 2.45) is 4.99 Å². The number of hydrogen-bond donors (Lipinski definition) is 0. The highest BCUT2D eigenvalue weighted by Gasteiger charge is 2.04. The molecule has 0 radical (unpaired) electrons. The summed E-state index contributed by atoms with van der Waals surface area (Å²) < 4.78 is 4.57. The molecule has 0 atom stereocenters. The van der Waals surface area contributed by atoms with Crippen LogP contribution in [0, 0.1) is 0 Å². The van der Waals surface area contributed by atoms with Crippen LogP contribution in [0.1, 0.15) is 11.1 Å². The van der Waals surface area contributed by atoms with Crippen LogP contribution in [-0.2, 0) is 4.74 Å². The first-order valence-electron chi connectivity index (χ1n) is 5.91. The highest BCUT2D eigenvalue weighted by atomic mass is 16.6. The second kappa shape index (κ2) is 6.40. The van der Waals surface area contributed by atoms with E-state index in [1.54, 1.807) is 0 Å². The fraction of sp³-hybridized carbons (Fsp3) is 0.0625. The van der Waals surface area contributed by atoms with Gasteiger partial charge in [0.05, 0.1) is 11.7 Å². The lowest BCUT2D eigenvalue weighted by Gasteiger charge is -2.09. The van der Waals surface area contributed by atoms with Gasteiger partial charge in [-0.05, 0) is 7.11 Å². The summed E-state index contributed by atoms with van der Waals surface area (Å²) in [7, 11) is 1.33. The molecule has 0 spiro atoms. The highest BCUT2D eigenvalue weighted by molar-refractivity contribution is 6.13. The SMILES string of the molecule is CO/C([O-])=C/N=C(c1ccccc1)c1ccccc1. The van der Waals surface area contributed by atoms with E-state index in [1.165, 1.54) is 13.3 Å². The Kier molecular flexibility index (Phi) is 4.34. The van der Waals surface area contributed by atoms with Crippen molar-refractivity contribution in [3.05, 3.63) is 83.9 Å². The maximum absolute atomic E-state index is 11.2. The third kappa shape index (κ3) is 3.45. The molecule has 3 heteroatoms. The Labute approximate surface area is 112 Å². The van der Waals surface area contributed by atoms with Crippen LogP contribution in [0.5, 0.6) is 0 Å². The molecule has 0 aliphatic heterocycles. The molecule has 0 aromatic heterocycles. The Morgan fingerprint density at radius 2 is 1.42 bits per heavy atom. The average Bonchev–Trinajstić information content (AvgIpc) is 2.49. The third-order valence-corrected chi connectivity index (χ3v) is 2.59. The van der Waals surface area contributed by atoms with Gasteiger partial charge in [0.25, 0.3) is 0 Å². The van der Waals surface area contributed by atoms with Crippen LogP contribution < -0.4 is 5.11 Å². The number of benzene rings is 2. The Morgan fingerprint density at radius 3 is 1.84 bits per heavy atom. The zero-order valence-corrected chi connectivity index (χ0v) is 10.6. The summed E-state index contributed by atoms with van der Waals surface area (Å²) >= 11 is 0. The lowest BCUT2D eigenvalue weighted by Crippen LogP contribution is -2.06. The predicted octanol–water partition coefficient (Wildman–Crippen LogP) is 2.33. The van der Waals surface area contributed by atoms with Gasteiger partial charge in [-0.15, -0.1) is 0 Å². The van der Waals surface area contributed by atoms with Crippen molar-refractivity contribution >= 4 is 5.71 Å². The quantitative estimate of drug-likeness (QED) is 0.619. The molecule has 0 unspecified atom stereocenters. The molecule has 0 N–H and O–H groups in total. The Balaban J connectivity index is 2.46. The minimum atomic E-state index is -0.468. The topological polar surface area (TPSA) is 44.6 Å². The summed E-state index contributed by atoms with van der Waals surface area (Å²) in [6.07, 6.45) is 1.19. The molecular weight excluding hydrogens is 238 g/mol. The molecule has 0 bridgehead atoms. The number of aliphatic imine (C=N–C) groups is 1. The van der Waals surface area contributed by atoms with E-state index in [1.807, 2.05) is 60.7 Å². The zero-order chi connectivity index (χ0) is 13.5. The molecule has 2 rings (SSSR count). The van der Waals surface area contributed by atoms with Gasteiger partial charge in [-0.1, -0.05) is 60.7 Å². The number of methoxy groups -OCH3 is 1. The van der Waals surface area contributed by atoms with E-state index in [4.69, 9.17) is 0 Å². The second-order valence-corrected chi connectivity index (χ2v) is 3.86. The average molecular weight is 252 g/mol. The van der Waals surface area contributed by atoms with Crippen LogP contribution in [0.2, 0.25) is 0 Å². The van der Waals surface area contributed by atoms with Crippen molar-refractivity contribution in [2.45, 2.75) is 0 Å². The zero-order valence-electron chi connectivity index (χ0n) is 10.6. The van der Waals surface area contributed by atoms with E-state index in [2.05, 4.69) is 9.73 Å². The van der Waals surface area contributed by atoms with Crippen molar-refractivity contribution in [3.63, 3.8) is 0 Å². The van der Waals surface area contributed by atoms with Crippen LogP contribution in [0.4, 0.5) is 0 Å². The van der Waals surface area contributed by atoms with Gasteiger partial charge >= 0.3 is 0 Å². The Hall–Kier alpha value is -2.55. The molecule has 3 nitrogen and oxygen atoms in total. The molecule has 96 valence electrons. The van der Waals surface area contributed by atoms with E-state index >= 15 is 0 Å². The third-order valence-electron chi connectivity index (χ3n) is 2.59. The van der Waals surface area contributed by atoms with Gasteiger partial charge in [0.15, 0.2) is 0 Å². The van der Waals surface area contributed by atoms with Gasteiger partial charge in [0, 0.05) is 17.3 Å². The minimum absolute atomic E-state index is 0.468. The standard InChI is InChI=1S/C16H15NO2/c1-19-15(18)12-17-16(13-8-4-2-5-9-13)14-10-6-3-7-11-14/h2-12,18H,1H3/p-1/b15-12+. The maximum atomic E-state index is 11.2. The molecule has 2 aromatic carbocycles. The molecule has 0 aliphatic carbocycles. The van der Waals surface area contributed by atoms with E-state index in [9.17, 15) is 5.11 Å². The fourth-order valence-corrected chi connectivity index (χ4v) is 1.68. The molecule has 0 fully saturated rings. The van der Waals surface area contributed by atoms with Crippen molar-refractivity contribution < 1.29 is 9.84 Å². The molecule has 0 heterocycles. The summed E-state index contributed by atoms with van der Waals surface area (Å²) in [5, 5.41) is 11.2. The lowest BCUT2D eigenvalue weighted by molar-refractivity contribution is -0.353. The second-order valence-electron chi connectivity index (χ2n) is 3.86. The van der Waals surface area contributed by atoms with Crippen LogP contribution in [-0.4, -0.2) is 12.8 Å². The molecule has 0 saturated heterocycles. The summed E-state index contributed by atoms with van der Waals surface area (Å²) in [5.74, 6) is -0.468. The van der Waals surface area contributed by atoms with E-state index in [0.29, 0.717) is 0 Å². The van der Waals surface area contributed by atoms with Crippen molar-refractivity contribution in [1.82, 2.24) is 0 Å². The van der Waals surface area contributed by atoms with Crippen molar-refractivity contribution in [2.75, 3.05) is 7.11 Å². The van der Waals surface area contributed by atoms with E-state index in [-0.39, 0.29) is 0 Å². The van der Waals surface area contributed by atoms with Crippen LogP contribution in [0.25, 0.3) is 0 Å². The molecule has 0 saturated carbocycles. The fourth-order valence-electron chi connectivity index (χ4n) is 1.68. The summed E-state index contributed by atoms with van der Waals surface area (Å²) in [5.41, 5.74) is 2.65. The summed E-state index contributed by atoms with van der Waals surface area (Å²) in [6, 6.07) is 19.4. The van der Waals surface area contributed by atoms with Crippen LogP contribution in [0.3, 0.4) is 0 Å². The van der Waals surface area contributed by atoms with Gasteiger partial charge in [-0.2, -0.15) is 0 Å². The van der Waals surface area contributed by atoms with Crippen LogP contribution >= 0.6 is 0 Å². The van der Waals surface area contributed by atoms with Gasteiger partial charge in [0.1, 0.15) is 0 Å². The summed E-state index contributed by atoms with van der Waals surface area (Å²) in [4.78, 5) is 4.25. The first kappa shape index (κ1) is 12.9. The molecule has 2 aromatic rings. The van der Waals surface area contributed by atoms with E-state index < -0.39 is 5.95 Å². The normalized spacial score (nSPS) is 10.9. The minimum Gasteiger partial charge on any atom is -0.616 e. The van der Waals surface area contributed by atoms with Gasteiger partial charge in [0.2, 0.25) is 0 Å². The van der Waals surface area contributed by atoms with Gasteiger partial charge in [-0.25, -0.2) is 0 Å². The Bertz CT molecular complexity index is 533. The first-order chi connectivity index (χ1) is 9.31. The highest BCUT2D eigenvalue weighted by Crippen LogP contribution is 2.11. The maximum Gasteiger partial charge on any atom is 0.0774 e. The van der Waals surface area contributed by atoms with Gasteiger partial charge in [-0.3, -0.25) is 4.99 Å². The number of rotatable bonds is 4. The monoisotopic (exact) mass is 252 g/mol. The Morgan fingerprint density at radius 1 is 0.947 bits per heavy atom. The molecule has 0 aliphatic rings. The largest absolute Gasteiger partial charge is 0.616 e.